The van der Waals surface area contributed by atoms with Gasteiger partial charge in [0.15, 0.2) is 0 Å². The first kappa shape index (κ1) is 21.8. The quantitative estimate of drug-likeness (QED) is 0.249. The van der Waals surface area contributed by atoms with Gasteiger partial charge in [0.25, 0.3) is 11.8 Å². The van der Waals surface area contributed by atoms with Gasteiger partial charge in [0.05, 0.1) is 45.2 Å². The molecule has 0 radical (unpaired) electrons. The van der Waals surface area contributed by atoms with Crippen LogP contribution in [0.5, 0.6) is 0 Å². The number of carbonyl (C=O) groups excluding carboxylic acids is 2. The van der Waals surface area contributed by atoms with Gasteiger partial charge in [0.1, 0.15) is 0 Å². The van der Waals surface area contributed by atoms with E-state index in [1.54, 1.807) is 18.2 Å². The van der Waals surface area contributed by atoms with Gasteiger partial charge >= 0.3 is 0 Å². The molecule has 0 unspecified atom stereocenters. The van der Waals surface area contributed by atoms with Crippen LogP contribution in [0.2, 0.25) is 0 Å². The molecule has 5 nitrogen and oxygen atoms in total. The monoisotopic (exact) mass is 489 g/mol. The Kier molecular flexibility index (Phi) is 4.75. The lowest BCUT2D eigenvalue weighted by atomic mass is 9.96. The first-order chi connectivity index (χ1) is 18.7. The van der Waals surface area contributed by atoms with Crippen LogP contribution >= 0.6 is 0 Å². The summed E-state index contributed by atoms with van der Waals surface area (Å²) in [7, 11) is 0. The van der Waals surface area contributed by atoms with E-state index in [0.29, 0.717) is 28.1 Å². The predicted molar refractivity (Wildman–Crippen MR) is 149 cm³/mol. The summed E-state index contributed by atoms with van der Waals surface area (Å²) >= 11 is 0. The molecule has 2 amide bonds. The Balaban J connectivity index is 1.54. The molecular weight excluding hydrogens is 470 g/mol. The first-order valence-electron chi connectivity index (χ1n) is 12.3. The third kappa shape index (κ3) is 2.98. The first-order valence-corrected chi connectivity index (χ1v) is 12.3. The van der Waals surface area contributed by atoms with Gasteiger partial charge in [-0.15, -0.1) is 0 Å². The molecule has 38 heavy (non-hydrogen) atoms. The van der Waals surface area contributed by atoms with Crippen molar-refractivity contribution in [2.45, 2.75) is 0 Å². The fourth-order valence-corrected chi connectivity index (χ4v) is 5.58. The Bertz CT molecular complexity index is 1980. The van der Waals surface area contributed by atoms with Crippen molar-refractivity contribution in [2.24, 2.45) is 0 Å². The largest absolute Gasteiger partial charge is 0.308 e. The fourth-order valence-electron chi connectivity index (χ4n) is 5.58. The van der Waals surface area contributed by atoms with E-state index in [1.165, 1.54) is 4.90 Å². The molecule has 7 rings (SSSR count). The zero-order valence-electron chi connectivity index (χ0n) is 20.1. The molecule has 1 aliphatic heterocycles. The van der Waals surface area contributed by atoms with Crippen LogP contribution in [0.3, 0.4) is 0 Å². The number of hydrogen-bond acceptors (Lipinski definition) is 3. The van der Waals surface area contributed by atoms with Gasteiger partial charge in [-0.2, -0.15) is 5.26 Å². The number of rotatable bonds is 3. The van der Waals surface area contributed by atoms with Crippen LogP contribution < -0.4 is 4.90 Å². The highest BCUT2D eigenvalue weighted by Gasteiger charge is 2.39. The third-order valence-corrected chi connectivity index (χ3v) is 7.18. The maximum absolute atomic E-state index is 13.8. The Morgan fingerprint density at radius 2 is 1.24 bits per heavy atom. The number of hydrogen-bond donors (Lipinski definition) is 0. The molecule has 0 aliphatic carbocycles. The molecule has 5 heteroatoms. The average Bonchev–Trinajstić information content (AvgIpc) is 3.44. The van der Waals surface area contributed by atoms with E-state index in [-0.39, 0.29) is 11.8 Å². The zero-order chi connectivity index (χ0) is 25.8. The summed E-state index contributed by atoms with van der Waals surface area (Å²) in [6.45, 7) is 0. The molecule has 0 spiro atoms. The Morgan fingerprint density at radius 1 is 0.579 bits per heavy atom. The summed E-state index contributed by atoms with van der Waals surface area (Å²) in [5.74, 6) is -0.675. The van der Waals surface area contributed by atoms with Gasteiger partial charge in [0, 0.05) is 16.3 Å². The number of benzene rings is 5. The molecule has 2 heterocycles. The molecule has 5 aromatic carbocycles. The molecule has 0 fully saturated rings. The normalized spacial score (nSPS) is 12.8. The van der Waals surface area contributed by atoms with Crippen molar-refractivity contribution < 1.29 is 9.59 Å². The molecule has 0 N–H and O–H groups in total. The zero-order valence-corrected chi connectivity index (χ0v) is 20.1. The highest BCUT2D eigenvalue weighted by Crippen LogP contribution is 2.41. The number of anilines is 1. The van der Waals surface area contributed by atoms with Crippen molar-refractivity contribution in [3.8, 4) is 22.9 Å². The second-order valence-electron chi connectivity index (χ2n) is 9.19. The number of nitrogens with zero attached hydrogens (tertiary/aromatic N) is 3. The number of imide groups is 1. The van der Waals surface area contributed by atoms with E-state index in [1.807, 2.05) is 91.0 Å². The maximum Gasteiger partial charge on any atom is 0.268 e. The molecule has 0 atom stereocenters. The van der Waals surface area contributed by atoms with Gasteiger partial charge in [-0.25, -0.2) is 4.90 Å². The van der Waals surface area contributed by atoms with Crippen LogP contribution in [0, 0.1) is 11.3 Å². The minimum atomic E-state index is -0.344. The van der Waals surface area contributed by atoms with Crippen molar-refractivity contribution in [3.63, 3.8) is 0 Å². The van der Waals surface area contributed by atoms with E-state index in [0.717, 1.165) is 32.9 Å². The standard InChI is InChI=1S/C33H19N3O2/c34-20-21-10-4-5-13-23(21)24-15-8-18-28-30(24)25-14-6-7-17-27(25)36(28)29-19-9-16-26-31(29)33(38)35(32(26)37)22-11-2-1-3-12-22/h1-19H. The average molecular weight is 490 g/mol. The lowest BCUT2D eigenvalue weighted by molar-refractivity contribution is 0.0926. The van der Waals surface area contributed by atoms with Crippen LogP contribution in [-0.4, -0.2) is 16.4 Å². The molecular formula is C33H19N3O2. The Labute approximate surface area is 218 Å². The molecule has 6 aromatic rings. The minimum absolute atomic E-state index is 0.331. The predicted octanol–water partition coefficient (Wildman–Crippen LogP) is 7.12. The van der Waals surface area contributed by atoms with Crippen LogP contribution in [0.25, 0.3) is 38.6 Å². The van der Waals surface area contributed by atoms with Gasteiger partial charge < -0.3 is 4.57 Å². The molecule has 0 bridgehead atoms. The van der Waals surface area contributed by atoms with Crippen molar-refractivity contribution in [1.29, 1.82) is 5.26 Å². The van der Waals surface area contributed by atoms with Crippen molar-refractivity contribution in [2.75, 3.05) is 4.90 Å². The van der Waals surface area contributed by atoms with E-state index in [2.05, 4.69) is 16.7 Å². The smallest absolute Gasteiger partial charge is 0.268 e. The number of fused-ring (bicyclic) bond motifs is 4. The summed E-state index contributed by atoms with van der Waals surface area (Å²) in [5, 5.41) is 11.8. The van der Waals surface area contributed by atoms with Crippen molar-refractivity contribution in [3.05, 3.63) is 132 Å². The van der Waals surface area contributed by atoms with E-state index in [4.69, 9.17) is 0 Å². The van der Waals surface area contributed by atoms with Crippen molar-refractivity contribution in [1.82, 2.24) is 4.57 Å². The third-order valence-electron chi connectivity index (χ3n) is 7.18. The van der Waals surface area contributed by atoms with Crippen LogP contribution in [0.4, 0.5) is 5.69 Å². The topological polar surface area (TPSA) is 66.1 Å². The van der Waals surface area contributed by atoms with E-state index >= 15 is 0 Å². The summed E-state index contributed by atoms with van der Waals surface area (Å²) in [6.07, 6.45) is 0. The lowest BCUT2D eigenvalue weighted by Crippen LogP contribution is -2.29. The second kappa shape index (κ2) is 8.29. The van der Waals surface area contributed by atoms with E-state index < -0.39 is 0 Å². The van der Waals surface area contributed by atoms with Gasteiger partial charge in [-0.1, -0.05) is 72.8 Å². The highest BCUT2D eigenvalue weighted by molar-refractivity contribution is 6.35. The van der Waals surface area contributed by atoms with Gasteiger partial charge in [-0.3, -0.25) is 9.59 Å². The maximum atomic E-state index is 13.8. The number of aromatic nitrogens is 1. The summed E-state index contributed by atoms with van der Waals surface area (Å²) < 4.78 is 2.06. The minimum Gasteiger partial charge on any atom is -0.308 e. The number of nitriles is 1. The summed E-state index contributed by atoms with van der Waals surface area (Å²) in [6, 6.07) is 38.4. The van der Waals surface area contributed by atoms with Crippen LogP contribution in [0.1, 0.15) is 26.3 Å². The number of para-hydroxylation sites is 2. The number of carbonyl (C=O) groups is 2. The Hall–Kier alpha value is -5.47. The molecule has 1 aromatic heterocycles. The molecule has 178 valence electrons. The second-order valence-corrected chi connectivity index (χ2v) is 9.19. The highest BCUT2D eigenvalue weighted by atomic mass is 16.2. The molecule has 1 aliphatic rings. The molecule has 0 saturated carbocycles. The van der Waals surface area contributed by atoms with Gasteiger partial charge in [0.2, 0.25) is 0 Å². The fraction of sp³-hybridized carbons (Fsp3) is 0. The molecule has 0 saturated heterocycles. The van der Waals surface area contributed by atoms with Crippen molar-refractivity contribution >= 4 is 39.3 Å². The SMILES string of the molecule is N#Cc1ccccc1-c1cccc2c1c1ccccc1n2-c1cccc2c1C(=O)N(c1ccccc1)C2=O. The summed E-state index contributed by atoms with van der Waals surface area (Å²) in [5.41, 5.74) is 6.15. The van der Waals surface area contributed by atoms with Crippen LogP contribution in [-0.2, 0) is 0 Å². The van der Waals surface area contributed by atoms with E-state index in [9.17, 15) is 14.9 Å². The number of amides is 2. The van der Waals surface area contributed by atoms with Crippen LogP contribution in [0.15, 0.2) is 115 Å². The van der Waals surface area contributed by atoms with Gasteiger partial charge in [-0.05, 0) is 48.0 Å². The lowest BCUT2D eigenvalue weighted by Gasteiger charge is -2.14. The summed E-state index contributed by atoms with van der Waals surface area (Å²) in [4.78, 5) is 28.5. The Morgan fingerprint density at radius 3 is 2.08 bits per heavy atom.